The predicted octanol–water partition coefficient (Wildman–Crippen LogP) is 0.135. The molecule has 1 heterocycles. The number of hydrogen-bond donors (Lipinski definition) is 4. The number of nitrogens with one attached hydrogen (secondary N) is 3. The molecule has 2 amide bonds. The van der Waals surface area contributed by atoms with E-state index >= 15 is 0 Å². The average Bonchev–Trinajstić information content (AvgIpc) is 2.74. The van der Waals surface area contributed by atoms with Crippen molar-refractivity contribution in [2.75, 3.05) is 12.0 Å². The third-order valence-electron chi connectivity index (χ3n) is 2.83. The fraction of sp³-hybridized carbons (Fsp3) is 0.333. The van der Waals surface area contributed by atoms with Gasteiger partial charge in [0.15, 0.2) is 0 Å². The van der Waals surface area contributed by atoms with Crippen LogP contribution in [0.2, 0.25) is 0 Å². The zero-order chi connectivity index (χ0) is 16.3. The van der Waals surface area contributed by atoms with Crippen molar-refractivity contribution in [1.82, 2.24) is 10.7 Å². The SMILES string of the molecule is O=C1NCC(O)C1C(=O)NNc1cccc(OC(F)(F)F)c1. The molecule has 0 radical (unpaired) electrons. The second kappa shape index (κ2) is 6.10. The number of carbonyl (C=O) groups is 2. The molecule has 1 aliphatic rings. The van der Waals surface area contributed by atoms with E-state index in [1.807, 2.05) is 0 Å². The number of ether oxygens (including phenoxy) is 1. The molecule has 4 N–H and O–H groups in total. The lowest BCUT2D eigenvalue weighted by molar-refractivity contribution is -0.274. The maximum Gasteiger partial charge on any atom is 0.573 e. The molecule has 2 unspecified atom stereocenters. The molecule has 2 atom stereocenters. The standard InChI is InChI=1S/C12H12F3N3O4/c13-12(14,15)22-7-3-1-2-6(4-7)17-18-11(21)9-8(19)5-16-10(9)20/h1-4,8-9,17,19H,5H2,(H,16,20)(H,18,21). The molecule has 120 valence electrons. The Hall–Kier alpha value is -2.49. The molecule has 1 saturated heterocycles. The zero-order valence-corrected chi connectivity index (χ0v) is 11.0. The first kappa shape index (κ1) is 15.9. The number of aliphatic hydroxyl groups is 1. The summed E-state index contributed by atoms with van der Waals surface area (Å²) in [6.45, 7) is -0.0359. The molecule has 1 aromatic rings. The number of aliphatic hydroxyl groups excluding tert-OH is 1. The monoisotopic (exact) mass is 319 g/mol. The Kier molecular flexibility index (Phi) is 4.40. The van der Waals surface area contributed by atoms with E-state index in [1.54, 1.807) is 0 Å². The Labute approximate surface area is 122 Å². The minimum atomic E-state index is -4.83. The van der Waals surface area contributed by atoms with Gasteiger partial charge in [-0.1, -0.05) is 6.07 Å². The van der Waals surface area contributed by atoms with Crippen LogP contribution in [0.1, 0.15) is 0 Å². The lowest BCUT2D eigenvalue weighted by Crippen LogP contribution is -2.41. The van der Waals surface area contributed by atoms with Crippen LogP contribution in [0.15, 0.2) is 24.3 Å². The molecule has 1 fully saturated rings. The van der Waals surface area contributed by atoms with Gasteiger partial charge in [0.25, 0.3) is 5.91 Å². The summed E-state index contributed by atoms with van der Waals surface area (Å²) in [4.78, 5) is 23.1. The molecule has 0 spiro atoms. The summed E-state index contributed by atoms with van der Waals surface area (Å²) in [5.74, 6) is -3.17. The molecule has 0 aromatic heterocycles. The summed E-state index contributed by atoms with van der Waals surface area (Å²) < 4.78 is 40.0. The van der Waals surface area contributed by atoms with Crippen molar-refractivity contribution in [3.63, 3.8) is 0 Å². The fourth-order valence-corrected chi connectivity index (χ4v) is 1.88. The van der Waals surface area contributed by atoms with Crippen molar-refractivity contribution in [1.29, 1.82) is 0 Å². The van der Waals surface area contributed by atoms with E-state index in [-0.39, 0.29) is 12.2 Å². The summed E-state index contributed by atoms with van der Waals surface area (Å²) in [6, 6.07) is 4.77. The van der Waals surface area contributed by atoms with Crippen molar-refractivity contribution in [2.45, 2.75) is 12.5 Å². The van der Waals surface area contributed by atoms with Gasteiger partial charge in [0.1, 0.15) is 11.7 Å². The van der Waals surface area contributed by atoms with E-state index < -0.39 is 35.9 Å². The van der Waals surface area contributed by atoms with Crippen molar-refractivity contribution in [2.24, 2.45) is 5.92 Å². The first-order chi connectivity index (χ1) is 10.3. The van der Waals surface area contributed by atoms with Gasteiger partial charge in [-0.2, -0.15) is 0 Å². The molecule has 7 nitrogen and oxygen atoms in total. The summed E-state index contributed by atoms with van der Waals surface area (Å²) in [6.07, 6.45) is -5.98. The number of hydrogen-bond acceptors (Lipinski definition) is 5. The molecule has 0 aliphatic carbocycles. The first-order valence-electron chi connectivity index (χ1n) is 6.14. The molecule has 0 bridgehead atoms. The largest absolute Gasteiger partial charge is 0.573 e. The Morgan fingerprint density at radius 3 is 2.73 bits per heavy atom. The van der Waals surface area contributed by atoms with Crippen LogP contribution in [0.4, 0.5) is 18.9 Å². The molecule has 10 heteroatoms. The minimum absolute atomic E-state index is 0.0359. The van der Waals surface area contributed by atoms with Crippen molar-refractivity contribution in [3.8, 4) is 5.75 Å². The number of hydrazine groups is 1. The first-order valence-corrected chi connectivity index (χ1v) is 6.14. The second-order valence-electron chi connectivity index (χ2n) is 4.48. The molecule has 22 heavy (non-hydrogen) atoms. The highest BCUT2D eigenvalue weighted by atomic mass is 19.4. The van der Waals surface area contributed by atoms with Gasteiger partial charge < -0.3 is 15.2 Å². The normalized spacial score (nSPS) is 21.2. The van der Waals surface area contributed by atoms with Crippen LogP contribution in [0.5, 0.6) is 5.75 Å². The van der Waals surface area contributed by atoms with Gasteiger partial charge in [-0.3, -0.25) is 20.4 Å². The van der Waals surface area contributed by atoms with Gasteiger partial charge in [0.2, 0.25) is 5.91 Å². The summed E-state index contributed by atoms with van der Waals surface area (Å²) in [7, 11) is 0. The number of benzene rings is 1. The Balaban J connectivity index is 1.95. The smallest absolute Gasteiger partial charge is 0.406 e. The number of carbonyl (C=O) groups excluding carboxylic acids is 2. The van der Waals surface area contributed by atoms with Crippen molar-refractivity contribution < 1.29 is 32.6 Å². The Morgan fingerprint density at radius 1 is 1.41 bits per heavy atom. The molecule has 2 rings (SSSR count). The predicted molar refractivity (Wildman–Crippen MR) is 67.4 cm³/mol. The van der Waals surface area contributed by atoms with Crippen LogP contribution >= 0.6 is 0 Å². The van der Waals surface area contributed by atoms with Crippen LogP contribution in [0, 0.1) is 5.92 Å². The third kappa shape index (κ3) is 4.01. The van der Waals surface area contributed by atoms with Crippen LogP contribution in [-0.4, -0.2) is 35.9 Å². The summed E-state index contributed by atoms with van der Waals surface area (Å²) in [5.41, 5.74) is 4.61. The van der Waals surface area contributed by atoms with Gasteiger partial charge in [-0.05, 0) is 12.1 Å². The molecule has 1 aromatic carbocycles. The van der Waals surface area contributed by atoms with E-state index in [9.17, 15) is 27.9 Å². The molecular formula is C12H12F3N3O4. The molecule has 0 saturated carbocycles. The third-order valence-corrected chi connectivity index (χ3v) is 2.83. The summed E-state index contributed by atoms with van der Waals surface area (Å²) in [5, 5.41) is 11.8. The zero-order valence-electron chi connectivity index (χ0n) is 11.0. The molecule has 1 aliphatic heterocycles. The highest BCUT2D eigenvalue weighted by molar-refractivity contribution is 6.02. The lowest BCUT2D eigenvalue weighted by Gasteiger charge is -2.14. The number of halogens is 3. The van der Waals surface area contributed by atoms with E-state index in [2.05, 4.69) is 20.9 Å². The Bertz CT molecular complexity index is 579. The number of rotatable bonds is 4. The quantitative estimate of drug-likeness (QED) is 0.467. The minimum Gasteiger partial charge on any atom is -0.406 e. The fourth-order valence-electron chi connectivity index (χ4n) is 1.88. The summed E-state index contributed by atoms with van der Waals surface area (Å²) >= 11 is 0. The van der Waals surface area contributed by atoms with Crippen LogP contribution < -0.4 is 20.9 Å². The lowest BCUT2D eigenvalue weighted by atomic mass is 10.1. The van der Waals surface area contributed by atoms with E-state index in [1.165, 1.54) is 12.1 Å². The topological polar surface area (TPSA) is 99.7 Å². The number of amides is 2. The van der Waals surface area contributed by atoms with Gasteiger partial charge in [-0.15, -0.1) is 13.2 Å². The number of alkyl halides is 3. The maximum absolute atomic E-state index is 12.1. The highest BCUT2D eigenvalue weighted by Crippen LogP contribution is 2.24. The van der Waals surface area contributed by atoms with Gasteiger partial charge in [-0.25, -0.2) is 0 Å². The van der Waals surface area contributed by atoms with Gasteiger partial charge >= 0.3 is 6.36 Å². The van der Waals surface area contributed by atoms with Crippen LogP contribution in [0.25, 0.3) is 0 Å². The van der Waals surface area contributed by atoms with E-state index in [0.717, 1.165) is 12.1 Å². The van der Waals surface area contributed by atoms with Gasteiger partial charge in [0, 0.05) is 12.6 Å². The van der Waals surface area contributed by atoms with Crippen LogP contribution in [-0.2, 0) is 9.59 Å². The van der Waals surface area contributed by atoms with Crippen molar-refractivity contribution >= 4 is 17.5 Å². The van der Waals surface area contributed by atoms with E-state index in [0.29, 0.717) is 0 Å². The molecular weight excluding hydrogens is 307 g/mol. The maximum atomic E-state index is 12.1. The van der Waals surface area contributed by atoms with E-state index in [4.69, 9.17) is 0 Å². The van der Waals surface area contributed by atoms with Gasteiger partial charge in [0.05, 0.1) is 11.8 Å². The highest BCUT2D eigenvalue weighted by Gasteiger charge is 2.39. The second-order valence-corrected chi connectivity index (χ2v) is 4.48. The number of anilines is 1. The van der Waals surface area contributed by atoms with Crippen molar-refractivity contribution in [3.05, 3.63) is 24.3 Å². The van der Waals surface area contributed by atoms with Crippen LogP contribution in [0.3, 0.4) is 0 Å². The average molecular weight is 319 g/mol. The Morgan fingerprint density at radius 2 is 2.14 bits per heavy atom. The number of β-amino-alcohol motifs (C(OH)–C–C–N with tert-alkyl or cyclic N) is 1.